The summed E-state index contributed by atoms with van der Waals surface area (Å²) in [6, 6.07) is 0.721. The topological polar surface area (TPSA) is 15.3 Å². The summed E-state index contributed by atoms with van der Waals surface area (Å²) in [6.07, 6.45) is 1.29. The fourth-order valence-corrected chi connectivity index (χ4v) is 1.85. The second-order valence-electron chi connectivity index (χ2n) is 5.44. The highest BCUT2D eigenvalue weighted by Gasteiger charge is 2.27. The third-order valence-electron chi connectivity index (χ3n) is 3.01. The summed E-state index contributed by atoms with van der Waals surface area (Å²) in [4.78, 5) is 2.51. The van der Waals surface area contributed by atoms with Gasteiger partial charge in [0.1, 0.15) is 0 Å². The highest BCUT2D eigenvalue weighted by Crippen LogP contribution is 2.18. The lowest BCUT2D eigenvalue weighted by atomic mass is 9.97. The molecule has 78 valence electrons. The van der Waals surface area contributed by atoms with Crippen LogP contribution >= 0.6 is 0 Å². The van der Waals surface area contributed by atoms with Crippen molar-refractivity contribution < 1.29 is 0 Å². The second-order valence-corrected chi connectivity index (χ2v) is 5.44. The first-order chi connectivity index (χ1) is 5.91. The van der Waals surface area contributed by atoms with Gasteiger partial charge in [0.2, 0.25) is 0 Å². The van der Waals surface area contributed by atoms with Gasteiger partial charge in [0, 0.05) is 24.8 Å². The van der Waals surface area contributed by atoms with E-state index in [2.05, 4.69) is 44.8 Å². The number of rotatable bonds is 1. The molecule has 2 heteroatoms. The van der Waals surface area contributed by atoms with Crippen molar-refractivity contribution in [2.75, 3.05) is 13.2 Å². The Balaban J connectivity index is 2.39. The van der Waals surface area contributed by atoms with Crippen molar-refractivity contribution >= 4 is 0 Å². The Hall–Kier alpha value is -0.0800. The van der Waals surface area contributed by atoms with Gasteiger partial charge in [-0.15, -0.1) is 0 Å². The highest BCUT2D eigenvalue weighted by molar-refractivity contribution is 4.83. The van der Waals surface area contributed by atoms with Gasteiger partial charge in [0.25, 0.3) is 0 Å². The average molecular weight is 184 g/mol. The lowest BCUT2D eigenvalue weighted by Crippen LogP contribution is -2.55. The van der Waals surface area contributed by atoms with Crippen LogP contribution in [-0.4, -0.2) is 29.7 Å². The van der Waals surface area contributed by atoms with Gasteiger partial charge in [-0.1, -0.05) is 13.8 Å². The Labute approximate surface area is 82.7 Å². The van der Waals surface area contributed by atoms with E-state index in [0.29, 0.717) is 5.54 Å². The van der Waals surface area contributed by atoms with Crippen LogP contribution in [0.2, 0.25) is 0 Å². The maximum Gasteiger partial charge on any atom is 0.0487 e. The Kier molecular flexibility index (Phi) is 3.36. The molecule has 1 aliphatic heterocycles. The molecule has 1 N–H and O–H groups in total. The van der Waals surface area contributed by atoms with E-state index in [1.807, 2.05) is 0 Å². The zero-order valence-corrected chi connectivity index (χ0v) is 9.72. The molecule has 0 radical (unpaired) electrons. The third-order valence-corrected chi connectivity index (χ3v) is 3.01. The van der Waals surface area contributed by atoms with E-state index in [0.717, 1.165) is 18.6 Å². The van der Waals surface area contributed by atoms with Crippen molar-refractivity contribution in [3.8, 4) is 0 Å². The number of hydrogen-bond acceptors (Lipinski definition) is 2. The second kappa shape index (κ2) is 3.97. The molecule has 1 fully saturated rings. The lowest BCUT2D eigenvalue weighted by molar-refractivity contribution is 0.0748. The van der Waals surface area contributed by atoms with Crippen LogP contribution in [0.25, 0.3) is 0 Å². The Bertz CT molecular complexity index is 150. The summed E-state index contributed by atoms with van der Waals surface area (Å²) in [5.41, 5.74) is 0.314. The molecule has 1 heterocycles. The molecule has 1 rings (SSSR count). The molecule has 0 aromatic carbocycles. The molecule has 0 spiro atoms. The maximum absolute atomic E-state index is 3.60. The zero-order chi connectivity index (χ0) is 10.1. The largest absolute Gasteiger partial charge is 0.301 e. The van der Waals surface area contributed by atoms with E-state index < -0.39 is 0 Å². The molecule has 0 amide bonds. The van der Waals surface area contributed by atoms with Crippen molar-refractivity contribution in [3.63, 3.8) is 0 Å². The lowest BCUT2D eigenvalue weighted by Gasteiger charge is -2.42. The van der Waals surface area contributed by atoms with Crippen LogP contribution in [0.4, 0.5) is 0 Å². The molecule has 13 heavy (non-hydrogen) atoms. The fourth-order valence-electron chi connectivity index (χ4n) is 1.85. The average Bonchev–Trinajstić information content (AvgIpc) is 2.03. The zero-order valence-electron chi connectivity index (χ0n) is 9.72. The quantitative estimate of drug-likeness (QED) is 0.671. The van der Waals surface area contributed by atoms with E-state index in [4.69, 9.17) is 0 Å². The van der Waals surface area contributed by atoms with Crippen molar-refractivity contribution in [1.82, 2.24) is 10.2 Å². The van der Waals surface area contributed by atoms with E-state index in [1.54, 1.807) is 0 Å². The monoisotopic (exact) mass is 184 g/mol. The minimum atomic E-state index is 0.314. The van der Waals surface area contributed by atoms with Crippen LogP contribution in [0, 0.1) is 5.92 Å². The van der Waals surface area contributed by atoms with Gasteiger partial charge < -0.3 is 5.32 Å². The molecular weight excluding hydrogens is 160 g/mol. The Morgan fingerprint density at radius 1 is 1.31 bits per heavy atom. The molecule has 0 aliphatic carbocycles. The van der Waals surface area contributed by atoms with Gasteiger partial charge in [0.15, 0.2) is 0 Å². The molecule has 0 aromatic heterocycles. The first-order valence-corrected chi connectivity index (χ1v) is 5.39. The van der Waals surface area contributed by atoms with Gasteiger partial charge in [-0.05, 0) is 33.1 Å². The molecule has 1 unspecified atom stereocenters. The fraction of sp³-hybridized carbons (Fsp3) is 1.00. The number of nitrogens with zero attached hydrogens (tertiary/aromatic N) is 1. The molecule has 0 aromatic rings. The van der Waals surface area contributed by atoms with Gasteiger partial charge >= 0.3 is 0 Å². The Morgan fingerprint density at radius 2 is 1.92 bits per heavy atom. The van der Waals surface area contributed by atoms with Crippen LogP contribution in [0.1, 0.15) is 41.0 Å². The summed E-state index contributed by atoms with van der Waals surface area (Å²) < 4.78 is 0. The van der Waals surface area contributed by atoms with E-state index in [9.17, 15) is 0 Å². The standard InChI is InChI=1S/C11H24N2/c1-9(2)10-6-7-13(8-12-10)11(3,4)5/h9-10,12H,6-8H2,1-5H3. The highest BCUT2D eigenvalue weighted by atomic mass is 15.3. The summed E-state index contributed by atoms with van der Waals surface area (Å²) in [7, 11) is 0. The summed E-state index contributed by atoms with van der Waals surface area (Å²) in [6.45, 7) is 13.7. The van der Waals surface area contributed by atoms with Gasteiger partial charge in [-0.3, -0.25) is 4.90 Å². The van der Waals surface area contributed by atoms with Crippen molar-refractivity contribution in [2.24, 2.45) is 5.92 Å². The predicted octanol–water partition coefficient (Wildman–Crippen LogP) is 2.06. The van der Waals surface area contributed by atoms with Crippen LogP contribution in [0.5, 0.6) is 0 Å². The third kappa shape index (κ3) is 2.96. The smallest absolute Gasteiger partial charge is 0.0487 e. The molecule has 0 bridgehead atoms. The molecule has 1 aliphatic rings. The van der Waals surface area contributed by atoms with E-state index >= 15 is 0 Å². The minimum absolute atomic E-state index is 0.314. The molecule has 0 saturated carbocycles. The Morgan fingerprint density at radius 3 is 2.23 bits per heavy atom. The van der Waals surface area contributed by atoms with Gasteiger partial charge in [-0.2, -0.15) is 0 Å². The number of hydrogen-bond donors (Lipinski definition) is 1. The first-order valence-electron chi connectivity index (χ1n) is 5.39. The van der Waals surface area contributed by atoms with Crippen LogP contribution in [0.15, 0.2) is 0 Å². The van der Waals surface area contributed by atoms with Crippen molar-refractivity contribution in [3.05, 3.63) is 0 Å². The van der Waals surface area contributed by atoms with E-state index in [1.165, 1.54) is 13.0 Å². The van der Waals surface area contributed by atoms with Crippen molar-refractivity contribution in [2.45, 2.75) is 52.6 Å². The van der Waals surface area contributed by atoms with Gasteiger partial charge in [0.05, 0.1) is 0 Å². The molecule has 1 saturated heterocycles. The summed E-state index contributed by atoms with van der Waals surface area (Å²) in [5, 5.41) is 3.60. The summed E-state index contributed by atoms with van der Waals surface area (Å²) in [5.74, 6) is 0.766. The summed E-state index contributed by atoms with van der Waals surface area (Å²) >= 11 is 0. The predicted molar refractivity (Wildman–Crippen MR) is 57.7 cm³/mol. The molecule has 2 nitrogen and oxygen atoms in total. The number of nitrogens with one attached hydrogen (secondary N) is 1. The maximum atomic E-state index is 3.60. The van der Waals surface area contributed by atoms with Crippen LogP contribution < -0.4 is 5.32 Å². The first kappa shape index (κ1) is 11.0. The van der Waals surface area contributed by atoms with Gasteiger partial charge in [-0.25, -0.2) is 0 Å². The minimum Gasteiger partial charge on any atom is -0.301 e. The normalized spacial score (nSPS) is 26.8. The van der Waals surface area contributed by atoms with Crippen molar-refractivity contribution in [1.29, 1.82) is 0 Å². The van der Waals surface area contributed by atoms with E-state index in [-0.39, 0.29) is 0 Å². The van der Waals surface area contributed by atoms with Crippen LogP contribution in [-0.2, 0) is 0 Å². The molecular formula is C11H24N2. The molecule has 1 atom stereocenters. The SMILES string of the molecule is CC(C)C1CCN(C(C)(C)C)CN1. The van der Waals surface area contributed by atoms with Crippen LogP contribution in [0.3, 0.4) is 0 Å².